The van der Waals surface area contributed by atoms with Crippen LogP contribution < -0.4 is 15.8 Å². The van der Waals surface area contributed by atoms with Gasteiger partial charge in [0.05, 0.1) is 11.8 Å². The molecule has 37 heavy (non-hydrogen) atoms. The number of carbonyl (C=O) groups excluding carboxylic acids is 1. The number of benzene rings is 2. The molecule has 0 bridgehead atoms. The molecule has 0 unspecified atom stereocenters. The number of fused-ring (bicyclic) bond motifs is 2. The van der Waals surface area contributed by atoms with Crippen molar-refractivity contribution < 1.29 is 9.53 Å². The largest absolute Gasteiger partial charge is 0.490 e. The Morgan fingerprint density at radius 2 is 1.97 bits per heavy atom. The number of rotatable bonds is 7. The molecular formula is C30H27N5O2. The van der Waals surface area contributed by atoms with E-state index < -0.39 is 0 Å². The number of H-pyrrole nitrogens is 1. The van der Waals surface area contributed by atoms with Crippen LogP contribution in [0.3, 0.4) is 0 Å². The highest BCUT2D eigenvalue weighted by Crippen LogP contribution is 2.36. The molecule has 1 amide bonds. The summed E-state index contributed by atoms with van der Waals surface area (Å²) in [6.07, 6.45) is 10.1. The van der Waals surface area contributed by atoms with E-state index in [1.165, 1.54) is 10.9 Å². The second-order valence-electron chi connectivity index (χ2n) is 9.36. The second-order valence-corrected chi connectivity index (χ2v) is 9.36. The molecule has 5 aromatic rings. The van der Waals surface area contributed by atoms with Gasteiger partial charge < -0.3 is 25.3 Å². The number of nitrogens with two attached hydrogens (primary N) is 1. The summed E-state index contributed by atoms with van der Waals surface area (Å²) in [6, 6.07) is 19.9. The number of hydrogen-bond donors (Lipinski definition) is 3. The van der Waals surface area contributed by atoms with Crippen LogP contribution in [-0.4, -0.2) is 33.1 Å². The van der Waals surface area contributed by atoms with E-state index >= 15 is 0 Å². The lowest BCUT2D eigenvalue weighted by molar-refractivity contribution is -0.110. The van der Waals surface area contributed by atoms with Crippen LogP contribution in [0.2, 0.25) is 0 Å². The van der Waals surface area contributed by atoms with Crippen molar-refractivity contribution in [1.82, 2.24) is 14.5 Å². The van der Waals surface area contributed by atoms with Gasteiger partial charge in [0.25, 0.3) is 5.91 Å². The first-order chi connectivity index (χ1) is 18.0. The number of hydrogen-bond acceptors (Lipinski definition) is 4. The smallest absolute Gasteiger partial charge is 0.256 e. The first kappa shape index (κ1) is 22.8. The number of ether oxygens (including phenoxy) is 1. The van der Waals surface area contributed by atoms with Gasteiger partial charge in [-0.1, -0.05) is 24.3 Å². The minimum Gasteiger partial charge on any atom is -0.490 e. The fourth-order valence-electron chi connectivity index (χ4n) is 4.78. The number of aromatic nitrogens is 3. The first-order valence-electron chi connectivity index (χ1n) is 12.2. The molecule has 6 rings (SSSR count). The Morgan fingerprint density at radius 1 is 1.08 bits per heavy atom. The molecule has 0 saturated carbocycles. The summed E-state index contributed by atoms with van der Waals surface area (Å²) in [5.41, 5.74) is 13.8. The summed E-state index contributed by atoms with van der Waals surface area (Å²) in [5, 5.41) is 4.15. The third-order valence-corrected chi connectivity index (χ3v) is 6.75. The molecule has 184 valence electrons. The number of aromatic amines is 1. The Bertz CT molecular complexity index is 1640. The molecule has 0 saturated heterocycles. The lowest BCUT2D eigenvalue weighted by atomic mass is 9.99. The lowest BCUT2D eigenvalue weighted by Crippen LogP contribution is -2.30. The molecule has 1 aliphatic heterocycles. The predicted molar refractivity (Wildman–Crippen MR) is 147 cm³/mol. The number of nitrogens with zero attached hydrogens (tertiary/aromatic N) is 2. The minimum atomic E-state index is -0.162. The molecule has 7 heteroatoms. The molecule has 3 aromatic heterocycles. The molecule has 0 aliphatic carbocycles. The molecule has 1 atom stereocenters. The molecule has 0 fully saturated rings. The highest BCUT2D eigenvalue weighted by Gasteiger charge is 2.25. The molecule has 1 aliphatic rings. The molecular weight excluding hydrogens is 462 g/mol. The van der Waals surface area contributed by atoms with Crippen LogP contribution in [-0.2, 0) is 18.3 Å². The van der Waals surface area contributed by atoms with E-state index in [-0.39, 0.29) is 11.9 Å². The van der Waals surface area contributed by atoms with Crippen LogP contribution in [0.15, 0.2) is 85.5 Å². The van der Waals surface area contributed by atoms with Crippen LogP contribution in [0, 0.1) is 0 Å². The van der Waals surface area contributed by atoms with Crippen molar-refractivity contribution in [2.45, 2.75) is 12.5 Å². The van der Waals surface area contributed by atoms with Crippen molar-refractivity contribution >= 4 is 34.1 Å². The van der Waals surface area contributed by atoms with Crippen LogP contribution in [0.25, 0.3) is 33.7 Å². The molecule has 4 heterocycles. The van der Waals surface area contributed by atoms with Gasteiger partial charge in [0, 0.05) is 65.1 Å². The Labute approximate surface area is 214 Å². The fourth-order valence-corrected chi connectivity index (χ4v) is 4.78. The summed E-state index contributed by atoms with van der Waals surface area (Å²) in [6.45, 7) is 0.372. The van der Waals surface area contributed by atoms with Crippen molar-refractivity contribution in [3.63, 3.8) is 0 Å². The average Bonchev–Trinajstić information content (AvgIpc) is 3.60. The van der Waals surface area contributed by atoms with Gasteiger partial charge in [-0.2, -0.15) is 0 Å². The van der Waals surface area contributed by atoms with Gasteiger partial charge in [0.2, 0.25) is 0 Å². The van der Waals surface area contributed by atoms with Crippen molar-refractivity contribution in [1.29, 1.82) is 0 Å². The monoisotopic (exact) mass is 489 g/mol. The minimum absolute atomic E-state index is 0.104. The van der Waals surface area contributed by atoms with E-state index in [0.717, 1.165) is 33.6 Å². The summed E-state index contributed by atoms with van der Waals surface area (Å²) in [7, 11) is 1.96. The number of amides is 1. The number of para-hydroxylation sites is 1. The Kier molecular flexibility index (Phi) is 5.82. The number of nitrogens with one attached hydrogen (secondary N) is 2. The summed E-state index contributed by atoms with van der Waals surface area (Å²) in [4.78, 5) is 20.3. The molecule has 2 aromatic carbocycles. The number of pyridine rings is 1. The molecule has 7 nitrogen and oxygen atoms in total. The van der Waals surface area contributed by atoms with Crippen LogP contribution >= 0.6 is 0 Å². The maximum Gasteiger partial charge on any atom is 0.256 e. The fraction of sp³-hybridized carbons (Fsp3) is 0.133. The quantitative estimate of drug-likeness (QED) is 0.280. The van der Waals surface area contributed by atoms with Gasteiger partial charge in [-0.3, -0.25) is 9.78 Å². The number of aryl methyl sites for hydroxylation is 1. The predicted octanol–water partition coefficient (Wildman–Crippen LogP) is 5.01. The third-order valence-electron chi connectivity index (χ3n) is 6.75. The van der Waals surface area contributed by atoms with Crippen molar-refractivity contribution in [2.75, 3.05) is 11.9 Å². The standard InChI is InChI=1S/C30H27N5O2/c1-35-10-4-5-23(35)14-27-26-13-19(8-9-29(26)34-30(27)36)20-12-24(17-32-15-20)37-18-22(31)11-21-16-33-28-7-3-2-6-25(21)28/h2-10,12-17,22,33H,11,18,31H2,1H3,(H,34,36)/t22-/m1/s1. The van der Waals surface area contributed by atoms with Gasteiger partial charge >= 0.3 is 0 Å². The van der Waals surface area contributed by atoms with E-state index in [0.29, 0.717) is 24.4 Å². The average molecular weight is 490 g/mol. The van der Waals surface area contributed by atoms with Crippen molar-refractivity contribution in [3.05, 3.63) is 102 Å². The first-order valence-corrected chi connectivity index (χ1v) is 12.2. The Balaban J connectivity index is 1.19. The summed E-state index contributed by atoms with van der Waals surface area (Å²) in [5.74, 6) is 0.550. The van der Waals surface area contributed by atoms with Gasteiger partial charge in [-0.25, -0.2) is 0 Å². The summed E-state index contributed by atoms with van der Waals surface area (Å²) < 4.78 is 8.01. The summed E-state index contributed by atoms with van der Waals surface area (Å²) >= 11 is 0. The number of carbonyl (C=O) groups is 1. The molecule has 0 radical (unpaired) electrons. The van der Waals surface area contributed by atoms with Crippen molar-refractivity contribution in [3.8, 4) is 16.9 Å². The Hall–Kier alpha value is -4.62. The van der Waals surface area contributed by atoms with Gasteiger partial charge in [0.15, 0.2) is 0 Å². The zero-order chi connectivity index (χ0) is 25.4. The number of anilines is 1. The topological polar surface area (TPSA) is 98.0 Å². The third kappa shape index (κ3) is 4.52. The van der Waals surface area contributed by atoms with Gasteiger partial charge in [-0.15, -0.1) is 0 Å². The Morgan fingerprint density at radius 3 is 2.84 bits per heavy atom. The zero-order valence-electron chi connectivity index (χ0n) is 20.4. The van der Waals surface area contributed by atoms with Crippen LogP contribution in [0.1, 0.15) is 16.8 Å². The highest BCUT2D eigenvalue weighted by atomic mass is 16.5. The van der Waals surface area contributed by atoms with Gasteiger partial charge in [0.1, 0.15) is 12.4 Å². The molecule has 0 spiro atoms. The second kappa shape index (κ2) is 9.44. The van der Waals surface area contributed by atoms with E-state index in [9.17, 15) is 4.79 Å². The van der Waals surface area contributed by atoms with Crippen LogP contribution in [0.4, 0.5) is 5.69 Å². The maximum atomic E-state index is 12.7. The van der Waals surface area contributed by atoms with Crippen molar-refractivity contribution in [2.24, 2.45) is 12.8 Å². The van der Waals surface area contributed by atoms with Gasteiger partial charge in [-0.05, 0) is 60.0 Å². The normalized spacial score (nSPS) is 14.6. The zero-order valence-corrected chi connectivity index (χ0v) is 20.4. The maximum absolute atomic E-state index is 12.7. The SMILES string of the molecule is Cn1cccc1C=C1C(=O)Nc2ccc(-c3cncc(OC[C@H](N)Cc4c[nH]c5ccccc45)c3)cc21. The lowest BCUT2D eigenvalue weighted by Gasteiger charge is -2.13. The molecule has 4 N–H and O–H groups in total. The van der Waals surface area contributed by atoms with E-state index in [2.05, 4.69) is 27.4 Å². The van der Waals surface area contributed by atoms with E-state index in [1.807, 2.05) is 78.6 Å². The van der Waals surface area contributed by atoms with E-state index in [4.69, 9.17) is 10.5 Å². The van der Waals surface area contributed by atoms with E-state index in [1.54, 1.807) is 12.4 Å². The van der Waals surface area contributed by atoms with Crippen LogP contribution in [0.5, 0.6) is 5.75 Å². The highest BCUT2D eigenvalue weighted by molar-refractivity contribution is 6.35.